The van der Waals surface area contributed by atoms with Crippen LogP contribution >= 0.6 is 22.9 Å². The minimum absolute atomic E-state index is 0.267. The van der Waals surface area contributed by atoms with Crippen molar-refractivity contribution < 1.29 is 0 Å². The summed E-state index contributed by atoms with van der Waals surface area (Å²) in [4.78, 5) is 1.29. The Morgan fingerprint density at radius 1 is 1.27 bits per heavy atom. The monoisotopic (exact) mass is 237 g/mol. The topological polar surface area (TPSA) is 26.0 Å². The molecule has 0 bridgehead atoms. The maximum Gasteiger partial charge on any atom is 0.0408 e. The summed E-state index contributed by atoms with van der Waals surface area (Å²) in [6, 6.07) is 12.1. The molecule has 1 aromatic carbocycles. The summed E-state index contributed by atoms with van der Waals surface area (Å²) in [6.45, 7) is 0.612. The lowest BCUT2D eigenvalue weighted by Crippen LogP contribution is -2.12. The molecule has 0 spiro atoms. The number of halogens is 1. The molecule has 0 aliphatic heterocycles. The van der Waals surface area contributed by atoms with Crippen LogP contribution in [0.25, 0.3) is 0 Å². The lowest BCUT2D eigenvalue weighted by atomic mass is 9.98. The van der Waals surface area contributed by atoms with Crippen molar-refractivity contribution in [3.05, 3.63) is 57.2 Å². The second-order valence-electron chi connectivity index (χ2n) is 3.36. The summed E-state index contributed by atoms with van der Waals surface area (Å²) in [5.41, 5.74) is 7.00. The third-order valence-electron chi connectivity index (χ3n) is 2.37. The van der Waals surface area contributed by atoms with Crippen molar-refractivity contribution in [2.45, 2.75) is 5.92 Å². The third-order valence-corrected chi connectivity index (χ3v) is 3.59. The molecular weight excluding hydrogens is 226 g/mol. The number of benzene rings is 1. The van der Waals surface area contributed by atoms with Crippen LogP contribution in [-0.2, 0) is 0 Å². The molecule has 1 heterocycles. The molecule has 0 aliphatic rings. The molecule has 2 rings (SSSR count). The number of thiophene rings is 1. The molecular formula is C12H12ClNS. The molecule has 1 aromatic heterocycles. The maximum absolute atomic E-state index is 5.97. The van der Waals surface area contributed by atoms with E-state index in [9.17, 15) is 0 Å². The fourth-order valence-corrected chi connectivity index (χ4v) is 2.70. The molecule has 0 amide bonds. The van der Waals surface area contributed by atoms with Crippen LogP contribution in [0.1, 0.15) is 16.4 Å². The highest BCUT2D eigenvalue weighted by Gasteiger charge is 2.13. The third kappa shape index (κ3) is 2.40. The zero-order valence-electron chi connectivity index (χ0n) is 8.19. The van der Waals surface area contributed by atoms with Crippen LogP contribution in [0.15, 0.2) is 41.8 Å². The van der Waals surface area contributed by atoms with E-state index >= 15 is 0 Å². The number of rotatable bonds is 3. The van der Waals surface area contributed by atoms with E-state index in [-0.39, 0.29) is 5.92 Å². The summed E-state index contributed by atoms with van der Waals surface area (Å²) >= 11 is 7.70. The van der Waals surface area contributed by atoms with Crippen molar-refractivity contribution in [2.24, 2.45) is 5.73 Å². The average Bonchev–Trinajstić information content (AvgIpc) is 2.72. The highest BCUT2D eigenvalue weighted by atomic mass is 35.5. The van der Waals surface area contributed by atoms with Crippen LogP contribution in [-0.4, -0.2) is 6.54 Å². The molecule has 0 saturated heterocycles. The van der Waals surface area contributed by atoms with Gasteiger partial charge in [-0.1, -0.05) is 29.8 Å². The van der Waals surface area contributed by atoms with Crippen LogP contribution in [0.3, 0.4) is 0 Å². The predicted octanol–water partition coefficient (Wildman–Crippen LogP) is 3.49. The molecule has 15 heavy (non-hydrogen) atoms. The Labute approximate surface area is 98.5 Å². The average molecular weight is 238 g/mol. The van der Waals surface area contributed by atoms with Gasteiger partial charge in [0.25, 0.3) is 0 Å². The minimum atomic E-state index is 0.267. The quantitative estimate of drug-likeness (QED) is 0.869. The fourth-order valence-electron chi connectivity index (χ4n) is 1.63. The SMILES string of the molecule is NCC(c1cccc(Cl)c1)c1cccs1. The van der Waals surface area contributed by atoms with E-state index in [0.29, 0.717) is 6.54 Å². The standard InChI is InChI=1S/C12H12ClNS/c13-10-4-1-3-9(7-10)11(8-14)12-5-2-6-15-12/h1-7,11H,8,14H2. The summed E-state index contributed by atoms with van der Waals surface area (Å²) in [5.74, 6) is 0.267. The van der Waals surface area contributed by atoms with Crippen LogP contribution in [0, 0.1) is 0 Å². The second-order valence-corrected chi connectivity index (χ2v) is 4.77. The summed E-state index contributed by atoms with van der Waals surface area (Å²) in [5, 5.41) is 2.84. The molecule has 1 nitrogen and oxygen atoms in total. The molecule has 2 N–H and O–H groups in total. The van der Waals surface area contributed by atoms with E-state index in [2.05, 4.69) is 17.5 Å². The van der Waals surface area contributed by atoms with Gasteiger partial charge in [-0.25, -0.2) is 0 Å². The lowest BCUT2D eigenvalue weighted by Gasteiger charge is -2.13. The Balaban J connectivity index is 2.35. The van der Waals surface area contributed by atoms with Crippen molar-refractivity contribution in [3.8, 4) is 0 Å². The van der Waals surface area contributed by atoms with Crippen molar-refractivity contribution in [3.63, 3.8) is 0 Å². The molecule has 0 radical (unpaired) electrons. The van der Waals surface area contributed by atoms with Crippen molar-refractivity contribution >= 4 is 22.9 Å². The van der Waals surface area contributed by atoms with Gasteiger partial charge in [-0.2, -0.15) is 0 Å². The second kappa shape index (κ2) is 4.79. The van der Waals surface area contributed by atoms with Crippen LogP contribution in [0.4, 0.5) is 0 Å². The molecule has 3 heteroatoms. The highest BCUT2D eigenvalue weighted by molar-refractivity contribution is 7.10. The molecule has 0 saturated carbocycles. The van der Waals surface area contributed by atoms with Gasteiger partial charge in [-0.3, -0.25) is 0 Å². The van der Waals surface area contributed by atoms with Gasteiger partial charge >= 0.3 is 0 Å². The van der Waals surface area contributed by atoms with Gasteiger partial charge < -0.3 is 5.73 Å². The fraction of sp³-hybridized carbons (Fsp3) is 0.167. The van der Waals surface area contributed by atoms with Gasteiger partial charge in [0.15, 0.2) is 0 Å². The lowest BCUT2D eigenvalue weighted by molar-refractivity contribution is 0.836. The summed E-state index contributed by atoms with van der Waals surface area (Å²) < 4.78 is 0. The zero-order valence-corrected chi connectivity index (χ0v) is 9.76. The first-order valence-electron chi connectivity index (χ1n) is 4.80. The minimum Gasteiger partial charge on any atom is -0.329 e. The summed E-state index contributed by atoms with van der Waals surface area (Å²) in [6.07, 6.45) is 0. The molecule has 78 valence electrons. The highest BCUT2D eigenvalue weighted by Crippen LogP contribution is 2.28. The van der Waals surface area contributed by atoms with Crippen LogP contribution in [0.5, 0.6) is 0 Å². The molecule has 0 fully saturated rings. The molecule has 1 atom stereocenters. The first-order chi connectivity index (χ1) is 7.31. The van der Waals surface area contributed by atoms with E-state index < -0.39 is 0 Å². The van der Waals surface area contributed by atoms with E-state index in [1.807, 2.05) is 24.3 Å². The first kappa shape index (κ1) is 10.7. The van der Waals surface area contributed by atoms with Crippen LogP contribution in [0.2, 0.25) is 5.02 Å². The zero-order chi connectivity index (χ0) is 10.7. The van der Waals surface area contributed by atoms with Gasteiger partial charge in [0.2, 0.25) is 0 Å². The van der Waals surface area contributed by atoms with E-state index in [1.165, 1.54) is 10.4 Å². The Hall–Kier alpha value is -0.830. The molecule has 0 aliphatic carbocycles. The number of hydrogen-bond acceptors (Lipinski definition) is 2. The predicted molar refractivity (Wildman–Crippen MR) is 66.7 cm³/mol. The Bertz CT molecular complexity index is 425. The van der Waals surface area contributed by atoms with E-state index in [0.717, 1.165) is 5.02 Å². The molecule has 1 unspecified atom stereocenters. The number of nitrogens with two attached hydrogens (primary N) is 1. The normalized spacial score (nSPS) is 12.7. The van der Waals surface area contributed by atoms with Crippen LogP contribution < -0.4 is 5.73 Å². The Morgan fingerprint density at radius 3 is 2.73 bits per heavy atom. The Kier molecular flexibility index (Phi) is 3.41. The van der Waals surface area contributed by atoms with E-state index in [1.54, 1.807) is 11.3 Å². The maximum atomic E-state index is 5.97. The Morgan fingerprint density at radius 2 is 2.13 bits per heavy atom. The van der Waals surface area contributed by atoms with E-state index in [4.69, 9.17) is 17.3 Å². The number of hydrogen-bond donors (Lipinski definition) is 1. The van der Waals surface area contributed by atoms with Gasteiger partial charge in [-0.15, -0.1) is 11.3 Å². The van der Waals surface area contributed by atoms with Crippen molar-refractivity contribution in [1.29, 1.82) is 0 Å². The summed E-state index contributed by atoms with van der Waals surface area (Å²) in [7, 11) is 0. The van der Waals surface area contributed by atoms with Crippen molar-refractivity contribution in [2.75, 3.05) is 6.54 Å². The van der Waals surface area contributed by atoms with Gasteiger partial charge in [0.05, 0.1) is 0 Å². The molecule has 2 aromatic rings. The van der Waals surface area contributed by atoms with Gasteiger partial charge in [0.1, 0.15) is 0 Å². The smallest absolute Gasteiger partial charge is 0.0408 e. The largest absolute Gasteiger partial charge is 0.329 e. The van der Waals surface area contributed by atoms with Crippen molar-refractivity contribution in [1.82, 2.24) is 0 Å². The first-order valence-corrected chi connectivity index (χ1v) is 6.06. The van der Waals surface area contributed by atoms with Gasteiger partial charge in [0, 0.05) is 22.4 Å². The van der Waals surface area contributed by atoms with Gasteiger partial charge in [-0.05, 0) is 29.1 Å².